The van der Waals surface area contributed by atoms with Crippen molar-refractivity contribution in [3.05, 3.63) is 0 Å². The molecule has 1 unspecified atom stereocenters. The second-order valence-corrected chi connectivity index (χ2v) is 5.52. The van der Waals surface area contributed by atoms with Crippen LogP contribution in [0.3, 0.4) is 0 Å². The highest BCUT2D eigenvalue weighted by Crippen LogP contribution is 2.20. The molecular formula is C11H24N2O. The normalized spacial score (nSPS) is 17.7. The van der Waals surface area contributed by atoms with Crippen LogP contribution in [0.5, 0.6) is 0 Å². The van der Waals surface area contributed by atoms with E-state index in [1.807, 2.05) is 20.8 Å². The van der Waals surface area contributed by atoms with Gasteiger partial charge >= 0.3 is 0 Å². The Morgan fingerprint density at radius 3 is 1.93 bits per heavy atom. The van der Waals surface area contributed by atoms with Gasteiger partial charge in [-0.1, -0.05) is 13.8 Å². The topological polar surface area (TPSA) is 45.0 Å². The second-order valence-electron chi connectivity index (χ2n) is 5.52. The highest BCUT2D eigenvalue weighted by Gasteiger charge is 2.20. The average molecular weight is 200 g/mol. The van der Waals surface area contributed by atoms with Gasteiger partial charge in [-0.25, -0.2) is 0 Å². The molecule has 0 aliphatic carbocycles. The highest BCUT2D eigenvalue weighted by molar-refractivity contribution is 4.73. The summed E-state index contributed by atoms with van der Waals surface area (Å²) in [5, 5.41) is 17.9. The highest BCUT2D eigenvalue weighted by atomic mass is 16.3. The molecule has 0 amide bonds. The Morgan fingerprint density at radius 2 is 1.57 bits per heavy atom. The predicted octanol–water partition coefficient (Wildman–Crippen LogP) is 3.38. The lowest BCUT2D eigenvalue weighted by Gasteiger charge is -2.20. The minimum Gasteiger partial charge on any atom is -0.368 e. The Labute approximate surface area is 87.6 Å². The number of rotatable bonds is 4. The molecule has 0 bridgehead atoms. The van der Waals surface area contributed by atoms with Crippen LogP contribution in [0.2, 0.25) is 0 Å². The van der Waals surface area contributed by atoms with Gasteiger partial charge in [0.05, 0.1) is 5.54 Å². The van der Waals surface area contributed by atoms with Crippen LogP contribution in [-0.2, 0) is 0 Å². The summed E-state index contributed by atoms with van der Waals surface area (Å²) in [4.78, 5) is 0. The van der Waals surface area contributed by atoms with Gasteiger partial charge in [-0.3, -0.25) is 0 Å². The third kappa shape index (κ3) is 8.17. The molecule has 0 aromatic carbocycles. The summed E-state index contributed by atoms with van der Waals surface area (Å²) < 4.78 is 0. The fraction of sp³-hybridized carbons (Fsp3) is 1.00. The molecule has 3 heteroatoms. The van der Waals surface area contributed by atoms with Crippen molar-refractivity contribution in [2.75, 3.05) is 0 Å². The Morgan fingerprint density at radius 1 is 1.07 bits per heavy atom. The van der Waals surface area contributed by atoms with E-state index in [1.165, 1.54) is 0 Å². The van der Waals surface area contributed by atoms with Crippen LogP contribution in [0, 0.1) is 5.92 Å². The zero-order chi connectivity index (χ0) is 11.4. The van der Waals surface area contributed by atoms with E-state index in [2.05, 4.69) is 24.1 Å². The number of hydrogen-bond donors (Lipinski definition) is 1. The predicted molar refractivity (Wildman–Crippen MR) is 59.3 cm³/mol. The summed E-state index contributed by atoms with van der Waals surface area (Å²) in [5.74, 6) is 0.589. The third-order valence-corrected chi connectivity index (χ3v) is 1.76. The molecule has 0 radical (unpaired) electrons. The van der Waals surface area contributed by atoms with Crippen molar-refractivity contribution in [1.82, 2.24) is 0 Å². The van der Waals surface area contributed by atoms with Crippen molar-refractivity contribution in [3.63, 3.8) is 0 Å². The lowest BCUT2D eigenvalue weighted by Crippen LogP contribution is -2.22. The van der Waals surface area contributed by atoms with Gasteiger partial charge < -0.3 is 5.11 Å². The molecule has 0 aromatic rings. The first-order valence-corrected chi connectivity index (χ1v) is 5.29. The molecule has 0 saturated heterocycles. The van der Waals surface area contributed by atoms with Crippen LogP contribution in [0.1, 0.15) is 54.4 Å². The molecule has 3 nitrogen and oxygen atoms in total. The van der Waals surface area contributed by atoms with E-state index in [-0.39, 0.29) is 5.54 Å². The van der Waals surface area contributed by atoms with Crippen LogP contribution >= 0.6 is 0 Å². The molecule has 0 aromatic heterocycles. The van der Waals surface area contributed by atoms with Gasteiger partial charge in [-0.05, 0) is 46.5 Å². The first kappa shape index (κ1) is 13.6. The van der Waals surface area contributed by atoms with E-state index in [1.54, 1.807) is 6.92 Å². The number of azo groups is 1. The Kier molecular flexibility index (Phi) is 4.72. The standard InChI is InChI=1S/C11H24N2O/c1-9(2)7-8-11(6,14)13-12-10(3,4)5/h9,14H,7-8H2,1-6H3. The molecule has 0 aliphatic heterocycles. The minimum absolute atomic E-state index is 0.207. The molecule has 0 saturated carbocycles. The summed E-state index contributed by atoms with van der Waals surface area (Å²) in [5.41, 5.74) is -1.21. The van der Waals surface area contributed by atoms with Crippen molar-refractivity contribution in [2.24, 2.45) is 16.1 Å². The lowest BCUT2D eigenvalue weighted by atomic mass is 10.0. The molecular weight excluding hydrogens is 176 g/mol. The van der Waals surface area contributed by atoms with Gasteiger partial charge in [-0.15, -0.1) is 0 Å². The minimum atomic E-state index is -1.00. The van der Waals surface area contributed by atoms with E-state index in [9.17, 15) is 5.11 Å². The van der Waals surface area contributed by atoms with Crippen molar-refractivity contribution >= 4 is 0 Å². The van der Waals surface area contributed by atoms with Gasteiger partial charge in [0.2, 0.25) is 0 Å². The molecule has 0 rings (SSSR count). The first-order chi connectivity index (χ1) is 6.12. The fourth-order valence-corrected chi connectivity index (χ4v) is 0.870. The molecule has 0 aliphatic rings. The fourth-order valence-electron chi connectivity index (χ4n) is 0.870. The summed E-state index contributed by atoms with van der Waals surface area (Å²) >= 11 is 0. The van der Waals surface area contributed by atoms with Crippen LogP contribution in [0.25, 0.3) is 0 Å². The molecule has 1 atom stereocenters. The van der Waals surface area contributed by atoms with E-state index in [0.29, 0.717) is 12.3 Å². The monoisotopic (exact) mass is 200 g/mol. The Hall–Kier alpha value is -0.440. The third-order valence-electron chi connectivity index (χ3n) is 1.76. The molecule has 0 fully saturated rings. The second kappa shape index (κ2) is 4.87. The number of nitrogens with zero attached hydrogens (tertiary/aromatic N) is 2. The van der Waals surface area contributed by atoms with Crippen molar-refractivity contribution in [3.8, 4) is 0 Å². The largest absolute Gasteiger partial charge is 0.368 e. The van der Waals surface area contributed by atoms with Gasteiger partial charge in [0.15, 0.2) is 5.72 Å². The molecule has 0 spiro atoms. The molecule has 14 heavy (non-hydrogen) atoms. The SMILES string of the molecule is CC(C)CCC(C)(O)N=NC(C)(C)C. The zero-order valence-corrected chi connectivity index (χ0v) is 10.3. The van der Waals surface area contributed by atoms with Crippen LogP contribution in [-0.4, -0.2) is 16.4 Å². The van der Waals surface area contributed by atoms with Crippen LogP contribution < -0.4 is 0 Å². The van der Waals surface area contributed by atoms with Crippen molar-refractivity contribution in [1.29, 1.82) is 0 Å². The summed E-state index contributed by atoms with van der Waals surface area (Å²) in [6.45, 7) is 11.9. The molecule has 0 heterocycles. The van der Waals surface area contributed by atoms with Gasteiger partial charge in [0.1, 0.15) is 0 Å². The number of aliphatic hydroxyl groups is 1. The summed E-state index contributed by atoms with van der Waals surface area (Å²) in [7, 11) is 0. The lowest BCUT2D eigenvalue weighted by molar-refractivity contribution is 0.0441. The first-order valence-electron chi connectivity index (χ1n) is 5.29. The van der Waals surface area contributed by atoms with Crippen LogP contribution in [0.4, 0.5) is 0 Å². The average Bonchev–Trinajstić information content (AvgIpc) is 1.97. The maximum atomic E-state index is 9.87. The summed E-state index contributed by atoms with van der Waals surface area (Å²) in [6, 6.07) is 0. The molecule has 1 N–H and O–H groups in total. The molecule has 84 valence electrons. The van der Waals surface area contributed by atoms with Gasteiger partial charge in [-0.2, -0.15) is 10.2 Å². The van der Waals surface area contributed by atoms with Crippen LogP contribution in [0.15, 0.2) is 10.2 Å². The van der Waals surface area contributed by atoms with E-state index in [0.717, 1.165) is 6.42 Å². The van der Waals surface area contributed by atoms with Gasteiger partial charge in [0, 0.05) is 0 Å². The van der Waals surface area contributed by atoms with E-state index >= 15 is 0 Å². The van der Waals surface area contributed by atoms with Crippen molar-refractivity contribution < 1.29 is 5.11 Å². The summed E-state index contributed by atoms with van der Waals surface area (Å²) in [6.07, 6.45) is 1.64. The number of hydrogen-bond acceptors (Lipinski definition) is 3. The zero-order valence-electron chi connectivity index (χ0n) is 10.3. The van der Waals surface area contributed by atoms with E-state index < -0.39 is 5.72 Å². The maximum absolute atomic E-state index is 9.87. The Balaban J connectivity index is 4.13. The quantitative estimate of drug-likeness (QED) is 0.695. The Bertz CT molecular complexity index is 190. The van der Waals surface area contributed by atoms with Gasteiger partial charge in [0.25, 0.3) is 0 Å². The van der Waals surface area contributed by atoms with Crippen molar-refractivity contribution in [2.45, 2.75) is 65.6 Å². The van der Waals surface area contributed by atoms with E-state index in [4.69, 9.17) is 0 Å². The maximum Gasteiger partial charge on any atom is 0.173 e. The smallest absolute Gasteiger partial charge is 0.173 e.